The molecule has 1 amide bonds. The predicted octanol–water partition coefficient (Wildman–Crippen LogP) is 1.55. The highest BCUT2D eigenvalue weighted by Gasteiger charge is 2.29. The third-order valence-corrected chi connectivity index (χ3v) is 6.46. The Labute approximate surface area is 149 Å². The van der Waals surface area contributed by atoms with Crippen LogP contribution in [0.2, 0.25) is 0 Å². The van der Waals surface area contributed by atoms with E-state index in [9.17, 15) is 13.2 Å². The lowest BCUT2D eigenvalue weighted by Gasteiger charge is -2.30. The summed E-state index contributed by atoms with van der Waals surface area (Å²) in [7, 11) is -0.511. The van der Waals surface area contributed by atoms with Crippen LogP contribution >= 0.6 is 0 Å². The van der Waals surface area contributed by atoms with E-state index in [1.54, 1.807) is 25.2 Å². The standard InChI is InChI=1S/C17H27N3O4S/c1-20(14-8-4-3-5-9-14)25(22,23)15-10-6-7-13(11-15)19-17(21)16(18)12-24-2/h6-7,10-11,14,16H,3-5,8-9,12,18H2,1-2H3,(H,19,21). The van der Waals surface area contributed by atoms with Crippen LogP contribution in [0.5, 0.6) is 0 Å². The van der Waals surface area contributed by atoms with Crippen molar-refractivity contribution < 1.29 is 17.9 Å². The minimum Gasteiger partial charge on any atom is -0.383 e. The minimum absolute atomic E-state index is 0.0344. The molecular weight excluding hydrogens is 342 g/mol. The molecule has 2 rings (SSSR count). The first kappa shape index (κ1) is 19.8. The van der Waals surface area contributed by atoms with E-state index in [0.29, 0.717) is 5.69 Å². The van der Waals surface area contributed by atoms with Gasteiger partial charge in [0.2, 0.25) is 15.9 Å². The fourth-order valence-electron chi connectivity index (χ4n) is 3.03. The van der Waals surface area contributed by atoms with Gasteiger partial charge < -0.3 is 15.8 Å². The molecular formula is C17H27N3O4S. The van der Waals surface area contributed by atoms with Crippen LogP contribution in [0.3, 0.4) is 0 Å². The average Bonchev–Trinajstić information content (AvgIpc) is 2.62. The van der Waals surface area contributed by atoms with Crippen molar-refractivity contribution >= 4 is 21.6 Å². The number of carbonyl (C=O) groups excluding carboxylic acids is 1. The first-order valence-corrected chi connectivity index (χ1v) is 9.93. The number of rotatable bonds is 7. The number of hydrogen-bond acceptors (Lipinski definition) is 5. The number of methoxy groups -OCH3 is 1. The molecule has 0 aliphatic heterocycles. The van der Waals surface area contributed by atoms with E-state index in [1.165, 1.54) is 17.5 Å². The van der Waals surface area contributed by atoms with Gasteiger partial charge in [0.15, 0.2) is 0 Å². The van der Waals surface area contributed by atoms with Crippen molar-refractivity contribution in [3.63, 3.8) is 0 Å². The SMILES string of the molecule is COCC(N)C(=O)Nc1cccc(S(=O)(=O)N(C)C2CCCCC2)c1. The van der Waals surface area contributed by atoms with E-state index in [-0.39, 0.29) is 17.5 Å². The summed E-state index contributed by atoms with van der Waals surface area (Å²) in [6.45, 7) is 0.0915. The topological polar surface area (TPSA) is 102 Å². The molecule has 1 unspecified atom stereocenters. The van der Waals surface area contributed by atoms with Gasteiger partial charge in [-0.1, -0.05) is 25.3 Å². The van der Waals surface area contributed by atoms with Crippen molar-refractivity contribution in [1.29, 1.82) is 0 Å². The van der Waals surface area contributed by atoms with Gasteiger partial charge in [-0.3, -0.25) is 4.79 Å². The maximum Gasteiger partial charge on any atom is 0.243 e. The molecule has 140 valence electrons. The molecule has 0 spiro atoms. The Bertz CT molecular complexity index is 687. The normalized spacial score (nSPS) is 17.4. The van der Waals surface area contributed by atoms with E-state index in [1.807, 2.05) is 0 Å². The maximum absolute atomic E-state index is 12.9. The van der Waals surface area contributed by atoms with Crippen LogP contribution in [0.1, 0.15) is 32.1 Å². The van der Waals surface area contributed by atoms with Crippen LogP contribution in [-0.2, 0) is 19.6 Å². The Morgan fingerprint density at radius 1 is 1.36 bits per heavy atom. The highest BCUT2D eigenvalue weighted by atomic mass is 32.2. The number of nitrogens with zero attached hydrogens (tertiary/aromatic N) is 1. The lowest BCUT2D eigenvalue weighted by Crippen LogP contribution is -2.39. The molecule has 1 fully saturated rings. The Kier molecular flexibility index (Phi) is 6.95. The van der Waals surface area contributed by atoms with Crippen LogP contribution in [0.25, 0.3) is 0 Å². The van der Waals surface area contributed by atoms with Crippen molar-refractivity contribution in [2.45, 2.75) is 49.1 Å². The van der Waals surface area contributed by atoms with Gasteiger partial charge in [0, 0.05) is 25.9 Å². The van der Waals surface area contributed by atoms with Gasteiger partial charge in [-0.2, -0.15) is 4.31 Å². The molecule has 1 aromatic carbocycles. The van der Waals surface area contributed by atoms with Crippen molar-refractivity contribution in [1.82, 2.24) is 4.31 Å². The third-order valence-electron chi connectivity index (χ3n) is 4.55. The zero-order valence-corrected chi connectivity index (χ0v) is 15.6. The number of hydrogen-bond donors (Lipinski definition) is 2. The molecule has 25 heavy (non-hydrogen) atoms. The summed E-state index contributed by atoms with van der Waals surface area (Å²) >= 11 is 0. The second kappa shape index (κ2) is 8.75. The third kappa shape index (κ3) is 5.01. The second-order valence-corrected chi connectivity index (χ2v) is 8.39. The van der Waals surface area contributed by atoms with E-state index in [4.69, 9.17) is 10.5 Å². The summed E-state index contributed by atoms with van der Waals surface area (Å²) in [5.74, 6) is -0.419. The number of ether oxygens (including phenoxy) is 1. The van der Waals surface area contributed by atoms with Gasteiger partial charge in [0.25, 0.3) is 0 Å². The number of nitrogens with one attached hydrogen (secondary N) is 1. The smallest absolute Gasteiger partial charge is 0.243 e. The van der Waals surface area contributed by atoms with Crippen LogP contribution in [-0.4, -0.2) is 51.5 Å². The van der Waals surface area contributed by atoms with Crippen LogP contribution in [0, 0.1) is 0 Å². The summed E-state index contributed by atoms with van der Waals surface area (Å²) in [5, 5.41) is 2.63. The largest absolute Gasteiger partial charge is 0.383 e. The molecule has 3 N–H and O–H groups in total. The predicted molar refractivity (Wildman–Crippen MR) is 96.7 cm³/mol. The molecule has 1 aromatic rings. The first-order valence-electron chi connectivity index (χ1n) is 8.49. The summed E-state index contributed by atoms with van der Waals surface area (Å²) in [5.41, 5.74) is 6.08. The van der Waals surface area contributed by atoms with Gasteiger partial charge in [0.1, 0.15) is 6.04 Å². The van der Waals surface area contributed by atoms with Crippen molar-refractivity contribution in [3.05, 3.63) is 24.3 Å². The van der Waals surface area contributed by atoms with Crippen LogP contribution in [0.15, 0.2) is 29.2 Å². The molecule has 0 saturated heterocycles. The Morgan fingerprint density at radius 3 is 2.68 bits per heavy atom. The minimum atomic E-state index is -3.60. The number of sulfonamides is 1. The number of nitrogens with two attached hydrogens (primary N) is 1. The fraction of sp³-hybridized carbons (Fsp3) is 0.588. The van der Waals surface area contributed by atoms with Crippen molar-refractivity contribution in [2.24, 2.45) is 5.73 Å². The molecule has 0 bridgehead atoms. The number of benzene rings is 1. The first-order chi connectivity index (χ1) is 11.9. The summed E-state index contributed by atoms with van der Waals surface area (Å²) < 4.78 is 32.1. The fourth-order valence-corrected chi connectivity index (χ4v) is 4.49. The molecule has 1 aliphatic carbocycles. The molecule has 1 saturated carbocycles. The van der Waals surface area contributed by atoms with Gasteiger partial charge in [-0.15, -0.1) is 0 Å². The van der Waals surface area contributed by atoms with Gasteiger partial charge in [0.05, 0.1) is 11.5 Å². The summed E-state index contributed by atoms with van der Waals surface area (Å²) in [4.78, 5) is 12.1. The zero-order valence-electron chi connectivity index (χ0n) is 14.8. The van der Waals surface area contributed by atoms with Crippen LogP contribution < -0.4 is 11.1 Å². The van der Waals surface area contributed by atoms with E-state index in [0.717, 1.165) is 32.1 Å². The summed E-state index contributed by atoms with van der Waals surface area (Å²) in [6.07, 6.45) is 5.04. The van der Waals surface area contributed by atoms with E-state index in [2.05, 4.69) is 5.32 Å². The second-order valence-electron chi connectivity index (χ2n) is 6.39. The molecule has 0 radical (unpaired) electrons. The quantitative estimate of drug-likeness (QED) is 0.759. The lowest BCUT2D eigenvalue weighted by atomic mass is 9.96. The molecule has 1 atom stereocenters. The van der Waals surface area contributed by atoms with Gasteiger partial charge >= 0.3 is 0 Å². The Balaban J connectivity index is 2.14. The van der Waals surface area contributed by atoms with E-state index < -0.39 is 22.0 Å². The number of anilines is 1. The van der Waals surface area contributed by atoms with Crippen molar-refractivity contribution in [2.75, 3.05) is 26.1 Å². The Morgan fingerprint density at radius 2 is 2.04 bits per heavy atom. The number of amides is 1. The Hall–Kier alpha value is -1.48. The monoisotopic (exact) mass is 369 g/mol. The number of carbonyl (C=O) groups is 1. The average molecular weight is 369 g/mol. The molecule has 1 aliphatic rings. The molecule has 0 aromatic heterocycles. The molecule has 8 heteroatoms. The van der Waals surface area contributed by atoms with Crippen molar-refractivity contribution in [3.8, 4) is 0 Å². The van der Waals surface area contributed by atoms with Gasteiger partial charge in [-0.05, 0) is 31.0 Å². The lowest BCUT2D eigenvalue weighted by molar-refractivity contribution is -0.118. The molecule has 0 heterocycles. The highest BCUT2D eigenvalue weighted by molar-refractivity contribution is 7.89. The zero-order chi connectivity index (χ0) is 18.4. The van der Waals surface area contributed by atoms with Crippen LogP contribution in [0.4, 0.5) is 5.69 Å². The summed E-state index contributed by atoms with van der Waals surface area (Å²) in [6, 6.07) is 5.48. The molecule has 7 nitrogen and oxygen atoms in total. The van der Waals surface area contributed by atoms with E-state index >= 15 is 0 Å². The maximum atomic E-state index is 12.9. The van der Waals surface area contributed by atoms with Gasteiger partial charge in [-0.25, -0.2) is 8.42 Å². The highest BCUT2D eigenvalue weighted by Crippen LogP contribution is 2.27.